The van der Waals surface area contributed by atoms with Crippen LogP contribution in [0.3, 0.4) is 0 Å². The van der Waals surface area contributed by atoms with Crippen LogP contribution in [0.25, 0.3) is 11.3 Å². The smallest absolute Gasteiger partial charge is 0.200 e. The molecule has 1 N–H and O–H groups in total. The van der Waals surface area contributed by atoms with Gasteiger partial charge in [0.15, 0.2) is 29.1 Å². The quantitative estimate of drug-likeness (QED) is 0.160. The maximum atomic E-state index is 13.5. The highest BCUT2D eigenvalue weighted by atomic mass is 19.2. The first-order chi connectivity index (χ1) is 13.3. The Labute approximate surface area is 155 Å². The Morgan fingerprint density at radius 2 is 1.46 bits per heavy atom. The van der Waals surface area contributed by atoms with E-state index in [2.05, 4.69) is 5.10 Å². The molecule has 0 aliphatic heterocycles. The van der Waals surface area contributed by atoms with Crippen LogP contribution >= 0.6 is 0 Å². The zero-order valence-corrected chi connectivity index (χ0v) is 14.2. The molecule has 2 aromatic carbocycles. The third kappa shape index (κ3) is 3.64. The van der Waals surface area contributed by atoms with Gasteiger partial charge in [-0.15, -0.1) is 0 Å². The number of nitrogens with zero attached hydrogens (tertiary/aromatic N) is 1. The van der Waals surface area contributed by atoms with E-state index in [1.54, 1.807) is 35.8 Å². The molecule has 0 atom stereocenters. The van der Waals surface area contributed by atoms with Crippen molar-refractivity contribution in [2.24, 2.45) is 5.10 Å². The number of hydrazone groups is 1. The third-order valence-corrected chi connectivity index (χ3v) is 3.78. The van der Waals surface area contributed by atoms with E-state index in [9.17, 15) is 26.7 Å². The molecule has 144 valence electrons. The molecular formula is C19H11F5N2O2. The Morgan fingerprint density at radius 1 is 0.893 bits per heavy atom. The van der Waals surface area contributed by atoms with E-state index >= 15 is 0 Å². The van der Waals surface area contributed by atoms with Crippen LogP contribution in [0.2, 0.25) is 0 Å². The van der Waals surface area contributed by atoms with E-state index in [0.29, 0.717) is 16.9 Å². The highest BCUT2D eigenvalue weighted by molar-refractivity contribution is 5.94. The van der Waals surface area contributed by atoms with Crippen LogP contribution in [0.5, 0.6) is 0 Å². The zero-order chi connectivity index (χ0) is 20.4. The number of furan rings is 1. The molecule has 0 bridgehead atoms. The van der Waals surface area contributed by atoms with E-state index in [1.807, 2.05) is 0 Å². The Morgan fingerprint density at radius 3 is 2.04 bits per heavy atom. The largest absolute Gasteiger partial charge is 0.455 e. The first-order valence-corrected chi connectivity index (χ1v) is 7.81. The molecule has 0 amide bonds. The van der Waals surface area contributed by atoms with Gasteiger partial charge in [0.1, 0.15) is 17.2 Å². The molecule has 0 aliphatic carbocycles. The number of carbonyl (C=O) groups excluding carboxylic acids is 1. The van der Waals surface area contributed by atoms with Crippen LogP contribution in [0.15, 0.2) is 45.9 Å². The minimum atomic E-state index is -2.25. The molecule has 0 saturated carbocycles. The van der Waals surface area contributed by atoms with Crippen LogP contribution in [0.4, 0.5) is 27.6 Å². The second-order valence-electron chi connectivity index (χ2n) is 5.65. The van der Waals surface area contributed by atoms with Crippen LogP contribution in [-0.2, 0) is 0 Å². The maximum absolute atomic E-state index is 13.5. The monoisotopic (exact) mass is 394 g/mol. The lowest BCUT2D eigenvalue weighted by atomic mass is 10.1. The summed E-state index contributed by atoms with van der Waals surface area (Å²) in [4.78, 5) is 11.3. The van der Waals surface area contributed by atoms with Gasteiger partial charge in [-0.05, 0) is 19.1 Å². The van der Waals surface area contributed by atoms with Crippen molar-refractivity contribution in [3.8, 4) is 11.3 Å². The van der Waals surface area contributed by atoms with Gasteiger partial charge in [0, 0.05) is 11.1 Å². The molecule has 1 heterocycles. The Bertz CT molecular complexity index is 1050. The summed E-state index contributed by atoms with van der Waals surface area (Å²) < 4.78 is 71.8. The van der Waals surface area contributed by atoms with Crippen LogP contribution in [-0.4, -0.2) is 12.0 Å². The van der Waals surface area contributed by atoms with Crippen LogP contribution < -0.4 is 5.43 Å². The molecule has 1 aromatic heterocycles. The molecule has 3 aromatic rings. The van der Waals surface area contributed by atoms with E-state index in [-0.39, 0.29) is 11.5 Å². The number of carbonyl (C=O) groups is 1. The fraction of sp³-hybridized carbons (Fsp3) is 0.0526. The molecule has 0 saturated heterocycles. The fourth-order valence-corrected chi connectivity index (χ4v) is 2.31. The number of hydrogen-bond acceptors (Lipinski definition) is 4. The summed E-state index contributed by atoms with van der Waals surface area (Å²) in [5.41, 5.74) is 1.70. The Hall–Kier alpha value is -3.49. The Balaban J connectivity index is 1.77. The highest BCUT2D eigenvalue weighted by Crippen LogP contribution is 2.27. The molecule has 0 fully saturated rings. The van der Waals surface area contributed by atoms with Crippen molar-refractivity contribution in [2.45, 2.75) is 6.92 Å². The van der Waals surface area contributed by atoms with Gasteiger partial charge in [-0.3, -0.25) is 10.2 Å². The van der Waals surface area contributed by atoms with E-state index in [4.69, 9.17) is 4.42 Å². The van der Waals surface area contributed by atoms with Crippen molar-refractivity contribution >= 4 is 17.7 Å². The minimum absolute atomic E-state index is 0.0852. The topological polar surface area (TPSA) is 54.6 Å². The number of nitrogens with one attached hydrogen (secondary N) is 1. The highest BCUT2D eigenvalue weighted by Gasteiger charge is 2.25. The number of hydrogen-bond donors (Lipinski definition) is 1. The predicted molar refractivity (Wildman–Crippen MR) is 91.6 cm³/mol. The molecule has 28 heavy (non-hydrogen) atoms. The summed E-state index contributed by atoms with van der Waals surface area (Å²) in [7, 11) is 0. The van der Waals surface area contributed by atoms with Gasteiger partial charge in [-0.25, -0.2) is 22.0 Å². The number of benzene rings is 2. The number of anilines is 1. The SMILES string of the molecule is CC(=O)c1ccc(-c2ccc(/C=N\Nc3c(F)c(F)c(F)c(F)c3F)o2)cc1. The first kappa shape index (κ1) is 19.3. The maximum Gasteiger partial charge on any atom is 0.200 e. The first-order valence-electron chi connectivity index (χ1n) is 7.81. The average Bonchev–Trinajstić information content (AvgIpc) is 3.16. The molecular weight excluding hydrogens is 383 g/mol. The Kier molecular flexibility index (Phi) is 5.25. The number of ketones is 1. The van der Waals surface area contributed by atoms with Crippen molar-refractivity contribution in [1.82, 2.24) is 0 Å². The van der Waals surface area contributed by atoms with Crippen molar-refractivity contribution in [2.75, 3.05) is 5.43 Å². The average molecular weight is 394 g/mol. The summed E-state index contributed by atoms with van der Waals surface area (Å²) in [6.07, 6.45) is 1.01. The molecule has 0 unspecified atom stereocenters. The van der Waals surface area contributed by atoms with Gasteiger partial charge >= 0.3 is 0 Å². The summed E-state index contributed by atoms with van der Waals surface area (Å²) in [6, 6.07) is 9.66. The molecule has 3 rings (SSSR count). The molecule has 0 radical (unpaired) electrons. The second-order valence-corrected chi connectivity index (χ2v) is 5.65. The van der Waals surface area contributed by atoms with Gasteiger partial charge in [-0.2, -0.15) is 5.10 Å². The lowest BCUT2D eigenvalue weighted by Gasteiger charge is -2.06. The summed E-state index contributed by atoms with van der Waals surface area (Å²) >= 11 is 0. The van der Waals surface area contributed by atoms with Crippen molar-refractivity contribution in [1.29, 1.82) is 0 Å². The molecule has 0 aliphatic rings. The summed E-state index contributed by atoms with van der Waals surface area (Å²) in [6.45, 7) is 1.44. The number of Topliss-reactive ketones (excluding diaryl/α,β-unsaturated/α-hetero) is 1. The zero-order valence-electron chi connectivity index (χ0n) is 14.2. The number of halogens is 5. The van der Waals surface area contributed by atoms with Gasteiger partial charge < -0.3 is 4.42 Å². The fourth-order valence-electron chi connectivity index (χ4n) is 2.31. The van der Waals surface area contributed by atoms with Crippen molar-refractivity contribution < 1.29 is 31.2 Å². The van der Waals surface area contributed by atoms with Gasteiger partial charge in [-0.1, -0.05) is 24.3 Å². The normalized spacial score (nSPS) is 11.2. The van der Waals surface area contributed by atoms with E-state index < -0.39 is 34.8 Å². The lowest BCUT2D eigenvalue weighted by molar-refractivity contribution is 0.101. The standard InChI is InChI=1S/C19H11F5N2O2/c1-9(27)10-2-4-11(5-3-10)13-7-6-12(28-13)8-25-26-19-17(23)15(21)14(20)16(22)18(19)24/h2-8,26H,1H3/b25-8-. The van der Waals surface area contributed by atoms with E-state index in [0.717, 1.165) is 6.21 Å². The molecule has 9 heteroatoms. The molecule has 4 nitrogen and oxygen atoms in total. The van der Waals surface area contributed by atoms with Crippen molar-refractivity contribution in [3.05, 3.63) is 76.8 Å². The van der Waals surface area contributed by atoms with Crippen LogP contribution in [0, 0.1) is 29.1 Å². The van der Waals surface area contributed by atoms with Crippen LogP contribution in [0.1, 0.15) is 23.0 Å². The second kappa shape index (κ2) is 7.63. The predicted octanol–water partition coefficient (Wildman–Crippen LogP) is 5.29. The van der Waals surface area contributed by atoms with Gasteiger partial charge in [0.25, 0.3) is 0 Å². The van der Waals surface area contributed by atoms with Gasteiger partial charge in [0.2, 0.25) is 5.82 Å². The third-order valence-electron chi connectivity index (χ3n) is 3.78. The van der Waals surface area contributed by atoms with E-state index in [1.165, 1.54) is 13.0 Å². The molecule has 0 spiro atoms. The summed E-state index contributed by atoms with van der Waals surface area (Å²) in [5.74, 6) is -9.97. The van der Waals surface area contributed by atoms with Gasteiger partial charge in [0.05, 0.1) is 6.21 Å². The lowest BCUT2D eigenvalue weighted by Crippen LogP contribution is -2.06. The summed E-state index contributed by atoms with van der Waals surface area (Å²) in [5, 5.41) is 3.44. The minimum Gasteiger partial charge on any atom is -0.455 e. The number of rotatable bonds is 5. The van der Waals surface area contributed by atoms with Crippen molar-refractivity contribution in [3.63, 3.8) is 0 Å².